The molecule has 122 valence electrons. The van der Waals surface area contributed by atoms with Gasteiger partial charge in [0.15, 0.2) is 5.78 Å². The molecule has 1 aromatic heterocycles. The first-order valence-corrected chi connectivity index (χ1v) is 7.86. The third-order valence-corrected chi connectivity index (χ3v) is 3.96. The summed E-state index contributed by atoms with van der Waals surface area (Å²) in [5.41, 5.74) is 2.72. The van der Waals surface area contributed by atoms with Crippen LogP contribution >= 0.6 is 0 Å². The van der Waals surface area contributed by atoms with Gasteiger partial charge in [0.1, 0.15) is 17.9 Å². The van der Waals surface area contributed by atoms with Crippen LogP contribution in [0.3, 0.4) is 0 Å². The fourth-order valence-electron chi connectivity index (χ4n) is 2.56. The minimum atomic E-state index is -0.388. The average molecular weight is 322 g/mol. The van der Waals surface area contributed by atoms with Crippen LogP contribution in [0, 0.1) is 0 Å². The third-order valence-electron chi connectivity index (χ3n) is 3.96. The van der Waals surface area contributed by atoms with Gasteiger partial charge in [-0.05, 0) is 49.2 Å². The highest BCUT2D eigenvalue weighted by atomic mass is 16.5. The first-order valence-electron chi connectivity index (χ1n) is 7.86. The SMILES string of the molecule is CCc1ccc2c(COc3ccc(C(C)=O)cc3)cc(=O)oc2c1. The van der Waals surface area contributed by atoms with Gasteiger partial charge in [0.05, 0.1) is 0 Å². The van der Waals surface area contributed by atoms with Crippen LogP contribution in [0.4, 0.5) is 0 Å². The number of hydrogen-bond acceptors (Lipinski definition) is 4. The zero-order valence-corrected chi connectivity index (χ0v) is 13.7. The van der Waals surface area contributed by atoms with Gasteiger partial charge in [-0.3, -0.25) is 4.79 Å². The maximum Gasteiger partial charge on any atom is 0.336 e. The van der Waals surface area contributed by atoms with Crippen molar-refractivity contribution in [2.45, 2.75) is 26.9 Å². The van der Waals surface area contributed by atoms with Crippen molar-refractivity contribution in [3.8, 4) is 5.75 Å². The molecular weight excluding hydrogens is 304 g/mol. The van der Waals surface area contributed by atoms with Crippen LogP contribution in [0.1, 0.15) is 35.3 Å². The molecule has 2 aromatic carbocycles. The van der Waals surface area contributed by atoms with Gasteiger partial charge in [0, 0.05) is 22.6 Å². The topological polar surface area (TPSA) is 56.5 Å². The smallest absolute Gasteiger partial charge is 0.336 e. The molecule has 0 saturated heterocycles. The molecule has 0 bridgehead atoms. The van der Waals surface area contributed by atoms with Crippen LogP contribution in [-0.2, 0) is 13.0 Å². The van der Waals surface area contributed by atoms with E-state index in [9.17, 15) is 9.59 Å². The number of benzene rings is 2. The Hall–Kier alpha value is -2.88. The van der Waals surface area contributed by atoms with Crippen LogP contribution < -0.4 is 10.4 Å². The van der Waals surface area contributed by atoms with Gasteiger partial charge < -0.3 is 9.15 Å². The van der Waals surface area contributed by atoms with Crippen molar-refractivity contribution in [3.63, 3.8) is 0 Å². The molecule has 1 heterocycles. The second kappa shape index (κ2) is 6.71. The van der Waals surface area contributed by atoms with E-state index in [4.69, 9.17) is 9.15 Å². The van der Waals surface area contributed by atoms with Crippen molar-refractivity contribution in [1.82, 2.24) is 0 Å². The number of ether oxygens (including phenoxy) is 1. The predicted molar refractivity (Wildman–Crippen MR) is 92.6 cm³/mol. The largest absolute Gasteiger partial charge is 0.489 e. The molecule has 0 saturated carbocycles. The van der Waals surface area contributed by atoms with Crippen LogP contribution in [0.15, 0.2) is 57.7 Å². The molecule has 4 heteroatoms. The lowest BCUT2D eigenvalue weighted by Gasteiger charge is -2.09. The van der Waals surface area contributed by atoms with Gasteiger partial charge in [-0.2, -0.15) is 0 Å². The van der Waals surface area contributed by atoms with Crippen molar-refractivity contribution < 1.29 is 13.9 Å². The number of aryl methyl sites for hydroxylation is 1. The van der Waals surface area contributed by atoms with Gasteiger partial charge in [-0.1, -0.05) is 19.1 Å². The molecule has 0 amide bonds. The summed E-state index contributed by atoms with van der Waals surface area (Å²) in [4.78, 5) is 23.1. The summed E-state index contributed by atoms with van der Waals surface area (Å²) in [5, 5.41) is 0.868. The number of carbonyl (C=O) groups is 1. The van der Waals surface area contributed by atoms with E-state index in [2.05, 4.69) is 6.92 Å². The zero-order chi connectivity index (χ0) is 17.1. The molecule has 0 aliphatic rings. The Labute approximate surface area is 139 Å². The van der Waals surface area contributed by atoms with Gasteiger partial charge in [0.25, 0.3) is 0 Å². The number of rotatable bonds is 5. The molecule has 0 radical (unpaired) electrons. The van der Waals surface area contributed by atoms with Crippen LogP contribution in [-0.4, -0.2) is 5.78 Å². The second-order valence-corrected chi connectivity index (χ2v) is 5.64. The molecule has 0 unspecified atom stereocenters. The molecule has 0 fully saturated rings. The Bertz CT molecular complexity index is 936. The summed E-state index contributed by atoms with van der Waals surface area (Å²) in [6.07, 6.45) is 0.878. The van der Waals surface area contributed by atoms with E-state index in [0.717, 1.165) is 22.9 Å². The molecular formula is C20H18O4. The van der Waals surface area contributed by atoms with Crippen molar-refractivity contribution in [2.75, 3.05) is 0 Å². The zero-order valence-electron chi connectivity index (χ0n) is 13.7. The summed E-state index contributed by atoms with van der Waals surface area (Å²) >= 11 is 0. The van der Waals surface area contributed by atoms with Gasteiger partial charge in [0.2, 0.25) is 0 Å². The molecule has 0 aliphatic carbocycles. The van der Waals surface area contributed by atoms with E-state index >= 15 is 0 Å². The normalized spacial score (nSPS) is 10.8. The fourth-order valence-corrected chi connectivity index (χ4v) is 2.56. The van der Waals surface area contributed by atoms with Crippen LogP contribution in [0.2, 0.25) is 0 Å². The average Bonchev–Trinajstić information content (AvgIpc) is 2.59. The maximum atomic E-state index is 11.8. The molecule has 0 aliphatic heterocycles. The van der Waals surface area contributed by atoms with Gasteiger partial charge in [-0.15, -0.1) is 0 Å². The Morgan fingerprint density at radius 3 is 2.50 bits per heavy atom. The number of hydrogen-bond donors (Lipinski definition) is 0. The molecule has 0 atom stereocenters. The Morgan fingerprint density at radius 1 is 1.08 bits per heavy atom. The van der Waals surface area contributed by atoms with Gasteiger partial charge in [-0.25, -0.2) is 4.79 Å². The number of carbonyl (C=O) groups excluding carboxylic acids is 1. The Kier molecular flexibility index (Phi) is 4.47. The predicted octanol–water partition coefficient (Wildman–Crippen LogP) is 4.14. The maximum absolute atomic E-state index is 11.8. The minimum absolute atomic E-state index is 0.0138. The van der Waals surface area contributed by atoms with Crippen molar-refractivity contribution in [1.29, 1.82) is 0 Å². The lowest BCUT2D eigenvalue weighted by atomic mass is 10.1. The summed E-state index contributed by atoms with van der Waals surface area (Å²) < 4.78 is 11.0. The van der Waals surface area contributed by atoms with E-state index in [-0.39, 0.29) is 18.0 Å². The quantitative estimate of drug-likeness (QED) is 0.523. The molecule has 4 nitrogen and oxygen atoms in total. The first kappa shape index (κ1) is 16.0. The molecule has 24 heavy (non-hydrogen) atoms. The highest BCUT2D eigenvalue weighted by molar-refractivity contribution is 5.94. The van der Waals surface area contributed by atoms with E-state index in [0.29, 0.717) is 16.9 Å². The van der Waals surface area contributed by atoms with Crippen LogP contribution in [0.5, 0.6) is 5.75 Å². The summed E-state index contributed by atoms with van der Waals surface area (Å²) in [5.74, 6) is 0.659. The van der Waals surface area contributed by atoms with Crippen molar-refractivity contribution in [3.05, 3.63) is 75.6 Å². The van der Waals surface area contributed by atoms with E-state index < -0.39 is 0 Å². The van der Waals surface area contributed by atoms with E-state index in [1.165, 1.54) is 13.0 Å². The first-order chi connectivity index (χ1) is 11.6. The molecule has 0 spiro atoms. The Morgan fingerprint density at radius 2 is 1.83 bits per heavy atom. The second-order valence-electron chi connectivity index (χ2n) is 5.64. The summed E-state index contributed by atoms with van der Waals surface area (Å²) in [6.45, 7) is 3.83. The Balaban J connectivity index is 1.86. The van der Waals surface area contributed by atoms with Crippen LogP contribution in [0.25, 0.3) is 11.0 Å². The van der Waals surface area contributed by atoms with E-state index in [1.54, 1.807) is 24.3 Å². The van der Waals surface area contributed by atoms with Gasteiger partial charge >= 0.3 is 5.63 Å². The number of Topliss-reactive ketones (excluding diaryl/α,β-unsaturated/α-hetero) is 1. The highest BCUT2D eigenvalue weighted by Crippen LogP contribution is 2.21. The fraction of sp³-hybridized carbons (Fsp3) is 0.200. The monoisotopic (exact) mass is 322 g/mol. The standard InChI is InChI=1S/C20H18O4/c1-3-14-4-9-18-16(11-20(22)24-19(18)10-14)12-23-17-7-5-15(6-8-17)13(2)21/h4-11H,3,12H2,1-2H3. The summed E-state index contributed by atoms with van der Waals surface area (Å²) in [6, 6.07) is 14.3. The highest BCUT2D eigenvalue weighted by Gasteiger charge is 2.08. The lowest BCUT2D eigenvalue weighted by molar-refractivity contribution is 0.101. The van der Waals surface area contributed by atoms with E-state index in [1.807, 2.05) is 18.2 Å². The van der Waals surface area contributed by atoms with Crippen molar-refractivity contribution in [2.24, 2.45) is 0 Å². The molecule has 3 rings (SSSR count). The third kappa shape index (κ3) is 3.38. The lowest BCUT2D eigenvalue weighted by Crippen LogP contribution is -2.04. The number of fused-ring (bicyclic) bond motifs is 1. The minimum Gasteiger partial charge on any atom is -0.489 e. The molecule has 0 N–H and O–H groups in total. The summed E-state index contributed by atoms with van der Waals surface area (Å²) in [7, 11) is 0. The van der Waals surface area contributed by atoms with Crippen molar-refractivity contribution >= 4 is 16.8 Å². The molecule has 3 aromatic rings. The number of ketones is 1.